The summed E-state index contributed by atoms with van der Waals surface area (Å²) < 4.78 is 5.03. The number of carbonyl (C=O) groups is 1. The molecule has 1 unspecified atom stereocenters. The second-order valence-corrected chi connectivity index (χ2v) is 6.50. The number of nitrogens with zero attached hydrogens (tertiary/aromatic N) is 4. The van der Waals surface area contributed by atoms with Crippen LogP contribution < -0.4 is 4.90 Å². The van der Waals surface area contributed by atoms with Crippen molar-refractivity contribution in [3.8, 4) is 0 Å². The molecule has 22 heavy (non-hydrogen) atoms. The average molecular weight is 304 g/mol. The van der Waals surface area contributed by atoms with Crippen LogP contribution in [-0.2, 0) is 4.74 Å². The van der Waals surface area contributed by atoms with Crippen LogP contribution in [0, 0.1) is 0 Å². The number of aromatic nitrogens is 2. The van der Waals surface area contributed by atoms with Crippen LogP contribution in [0.2, 0.25) is 0 Å². The van der Waals surface area contributed by atoms with Crippen LogP contribution in [0.25, 0.3) is 0 Å². The predicted octanol–water partition coefficient (Wildman–Crippen LogP) is 2.41. The fourth-order valence-electron chi connectivity index (χ4n) is 3.21. The van der Waals surface area contributed by atoms with Crippen molar-refractivity contribution in [3.63, 3.8) is 0 Å². The molecule has 3 rings (SSSR count). The smallest absolute Gasteiger partial charge is 0.415 e. The Kier molecular flexibility index (Phi) is 4.29. The summed E-state index contributed by atoms with van der Waals surface area (Å²) in [5.41, 5.74) is 1.03. The van der Waals surface area contributed by atoms with E-state index in [0.717, 1.165) is 31.6 Å². The number of likely N-dealkylation sites (tertiary alicyclic amines) is 1. The first-order chi connectivity index (χ1) is 10.6. The van der Waals surface area contributed by atoms with E-state index in [-0.39, 0.29) is 12.1 Å². The molecule has 6 nitrogen and oxygen atoms in total. The van der Waals surface area contributed by atoms with Crippen molar-refractivity contribution in [2.45, 2.75) is 51.6 Å². The van der Waals surface area contributed by atoms with E-state index < -0.39 is 0 Å². The number of piperidine rings is 1. The molecule has 1 amide bonds. The van der Waals surface area contributed by atoms with E-state index in [1.54, 1.807) is 11.1 Å². The fraction of sp³-hybridized carbons (Fsp3) is 0.688. The SMILES string of the molecule is CC(C)N1CCC(c2cnc(N3C(=O)OCC3C)cn2)CC1. The molecule has 1 aromatic heterocycles. The Morgan fingerprint density at radius 2 is 1.95 bits per heavy atom. The lowest BCUT2D eigenvalue weighted by atomic mass is 9.93. The van der Waals surface area contributed by atoms with Gasteiger partial charge >= 0.3 is 6.09 Å². The number of cyclic esters (lactones) is 1. The number of hydrogen-bond donors (Lipinski definition) is 0. The monoisotopic (exact) mass is 304 g/mol. The van der Waals surface area contributed by atoms with Crippen molar-refractivity contribution in [1.29, 1.82) is 0 Å². The highest BCUT2D eigenvalue weighted by molar-refractivity contribution is 5.88. The van der Waals surface area contributed by atoms with Crippen LogP contribution in [0.1, 0.15) is 45.2 Å². The summed E-state index contributed by atoms with van der Waals surface area (Å²) in [5.74, 6) is 1.05. The normalized spacial score (nSPS) is 24.1. The van der Waals surface area contributed by atoms with Gasteiger partial charge < -0.3 is 9.64 Å². The number of amides is 1. The van der Waals surface area contributed by atoms with Crippen molar-refractivity contribution >= 4 is 11.9 Å². The van der Waals surface area contributed by atoms with E-state index in [0.29, 0.717) is 24.4 Å². The lowest BCUT2D eigenvalue weighted by Gasteiger charge is -2.34. The Morgan fingerprint density at radius 1 is 1.23 bits per heavy atom. The molecule has 1 aromatic rings. The maximum atomic E-state index is 11.7. The topological polar surface area (TPSA) is 58.6 Å². The first kappa shape index (κ1) is 15.2. The van der Waals surface area contributed by atoms with Crippen LogP contribution in [0.4, 0.5) is 10.6 Å². The fourth-order valence-corrected chi connectivity index (χ4v) is 3.21. The van der Waals surface area contributed by atoms with E-state index in [9.17, 15) is 4.79 Å². The van der Waals surface area contributed by atoms with Crippen LogP contribution in [-0.4, -0.2) is 52.7 Å². The van der Waals surface area contributed by atoms with Crippen molar-refractivity contribution in [2.24, 2.45) is 0 Å². The summed E-state index contributed by atoms with van der Waals surface area (Å²) >= 11 is 0. The van der Waals surface area contributed by atoms with Gasteiger partial charge in [-0.15, -0.1) is 0 Å². The van der Waals surface area contributed by atoms with Crippen LogP contribution in [0.15, 0.2) is 12.4 Å². The van der Waals surface area contributed by atoms with E-state index in [2.05, 4.69) is 28.7 Å². The maximum Gasteiger partial charge on any atom is 0.415 e. The third kappa shape index (κ3) is 2.92. The second kappa shape index (κ2) is 6.20. The molecule has 0 bridgehead atoms. The molecule has 1 atom stereocenters. The van der Waals surface area contributed by atoms with Crippen molar-refractivity contribution < 1.29 is 9.53 Å². The van der Waals surface area contributed by atoms with E-state index >= 15 is 0 Å². The maximum absolute atomic E-state index is 11.7. The van der Waals surface area contributed by atoms with Crippen molar-refractivity contribution in [1.82, 2.24) is 14.9 Å². The zero-order chi connectivity index (χ0) is 15.7. The Hall–Kier alpha value is -1.69. The van der Waals surface area contributed by atoms with E-state index in [1.807, 2.05) is 13.1 Å². The summed E-state index contributed by atoms with van der Waals surface area (Å²) in [6, 6.07) is 0.624. The van der Waals surface area contributed by atoms with Gasteiger partial charge in [0.2, 0.25) is 0 Å². The quantitative estimate of drug-likeness (QED) is 0.858. The third-order valence-electron chi connectivity index (χ3n) is 4.67. The number of hydrogen-bond acceptors (Lipinski definition) is 5. The van der Waals surface area contributed by atoms with Gasteiger partial charge in [-0.25, -0.2) is 9.78 Å². The number of carbonyl (C=O) groups excluding carboxylic acids is 1. The molecule has 120 valence electrons. The van der Waals surface area contributed by atoms with Gasteiger partial charge in [0.05, 0.1) is 24.1 Å². The molecule has 0 spiro atoms. The second-order valence-electron chi connectivity index (χ2n) is 6.50. The van der Waals surface area contributed by atoms with E-state index in [1.165, 1.54) is 0 Å². The van der Waals surface area contributed by atoms with Gasteiger partial charge in [0.25, 0.3) is 0 Å². The molecule has 0 radical (unpaired) electrons. The first-order valence-electron chi connectivity index (χ1n) is 8.08. The van der Waals surface area contributed by atoms with Crippen LogP contribution >= 0.6 is 0 Å². The molecule has 2 aliphatic heterocycles. The molecular formula is C16H24N4O2. The number of anilines is 1. The lowest BCUT2D eigenvalue weighted by molar-refractivity contribution is 0.170. The van der Waals surface area contributed by atoms with Gasteiger partial charge in [-0.2, -0.15) is 0 Å². The highest BCUT2D eigenvalue weighted by Gasteiger charge is 2.32. The molecule has 2 saturated heterocycles. The summed E-state index contributed by atoms with van der Waals surface area (Å²) in [6.07, 6.45) is 5.43. The average Bonchev–Trinajstić information content (AvgIpc) is 2.86. The first-order valence-corrected chi connectivity index (χ1v) is 8.08. The van der Waals surface area contributed by atoms with Gasteiger partial charge in [0, 0.05) is 12.0 Å². The Balaban J connectivity index is 1.66. The van der Waals surface area contributed by atoms with E-state index in [4.69, 9.17) is 4.74 Å². The van der Waals surface area contributed by atoms with Gasteiger partial charge in [-0.05, 0) is 46.7 Å². The number of ether oxygens (including phenoxy) is 1. The molecule has 0 aliphatic carbocycles. The molecule has 3 heterocycles. The lowest BCUT2D eigenvalue weighted by Crippen LogP contribution is -2.38. The molecular weight excluding hydrogens is 280 g/mol. The molecule has 0 N–H and O–H groups in total. The van der Waals surface area contributed by atoms with Gasteiger partial charge in [0.1, 0.15) is 6.61 Å². The Labute approximate surface area is 131 Å². The highest BCUT2D eigenvalue weighted by atomic mass is 16.6. The standard InChI is InChI=1S/C16H24N4O2/c1-11(2)19-6-4-13(5-7-19)14-8-18-15(9-17-14)20-12(3)10-22-16(20)21/h8-9,11-13H,4-7,10H2,1-3H3. The minimum absolute atomic E-state index is 0.0157. The van der Waals surface area contributed by atoms with Gasteiger partial charge in [-0.3, -0.25) is 9.88 Å². The highest BCUT2D eigenvalue weighted by Crippen LogP contribution is 2.28. The molecule has 6 heteroatoms. The largest absolute Gasteiger partial charge is 0.447 e. The minimum Gasteiger partial charge on any atom is -0.447 e. The molecule has 0 saturated carbocycles. The molecule has 0 aromatic carbocycles. The zero-order valence-electron chi connectivity index (χ0n) is 13.5. The minimum atomic E-state index is -0.334. The van der Waals surface area contributed by atoms with Crippen LogP contribution in [0.5, 0.6) is 0 Å². The molecule has 2 aliphatic rings. The summed E-state index contributed by atoms with van der Waals surface area (Å²) in [4.78, 5) is 24.8. The Bertz CT molecular complexity index is 523. The zero-order valence-corrected chi connectivity index (χ0v) is 13.5. The molecule has 2 fully saturated rings. The third-order valence-corrected chi connectivity index (χ3v) is 4.67. The predicted molar refractivity (Wildman–Crippen MR) is 84.0 cm³/mol. The van der Waals surface area contributed by atoms with Crippen molar-refractivity contribution in [2.75, 3.05) is 24.6 Å². The van der Waals surface area contributed by atoms with Gasteiger partial charge in [-0.1, -0.05) is 0 Å². The van der Waals surface area contributed by atoms with Gasteiger partial charge in [0.15, 0.2) is 5.82 Å². The number of rotatable bonds is 3. The summed E-state index contributed by atoms with van der Waals surface area (Å²) in [5, 5.41) is 0. The van der Waals surface area contributed by atoms with Crippen molar-refractivity contribution in [3.05, 3.63) is 18.1 Å². The summed E-state index contributed by atoms with van der Waals surface area (Å²) in [7, 11) is 0. The Morgan fingerprint density at radius 3 is 2.45 bits per heavy atom. The summed E-state index contributed by atoms with van der Waals surface area (Å²) in [6.45, 7) is 9.07. The van der Waals surface area contributed by atoms with Crippen LogP contribution in [0.3, 0.4) is 0 Å².